The molecule has 1 amide bonds. The van der Waals surface area contributed by atoms with E-state index in [9.17, 15) is 4.79 Å². The van der Waals surface area contributed by atoms with Gasteiger partial charge in [0.2, 0.25) is 0 Å². The summed E-state index contributed by atoms with van der Waals surface area (Å²) in [6.45, 7) is 2.50. The number of carbonyl (C=O) groups excluding carboxylic acids is 1. The number of aryl methyl sites for hydroxylation is 1. The summed E-state index contributed by atoms with van der Waals surface area (Å²) in [5, 5.41) is 9.33. The van der Waals surface area contributed by atoms with Crippen molar-refractivity contribution in [2.24, 2.45) is 0 Å². The Hall–Kier alpha value is -1.69. The summed E-state index contributed by atoms with van der Waals surface area (Å²) < 4.78 is 0.805. The van der Waals surface area contributed by atoms with Crippen molar-refractivity contribution in [1.82, 2.24) is 20.5 Å². The van der Waals surface area contributed by atoms with Crippen LogP contribution in [0.2, 0.25) is 0 Å². The van der Waals surface area contributed by atoms with Crippen LogP contribution in [0.1, 0.15) is 21.7 Å². The Morgan fingerprint density at radius 1 is 1.50 bits per heavy atom. The first-order chi connectivity index (χ1) is 8.66. The maximum atomic E-state index is 11.9. The summed E-state index contributed by atoms with van der Waals surface area (Å²) in [4.78, 5) is 15.9. The molecule has 0 unspecified atom stereocenters. The minimum atomic E-state index is -0.0959. The lowest BCUT2D eigenvalue weighted by atomic mass is 10.1. The van der Waals surface area contributed by atoms with Crippen LogP contribution in [0.5, 0.6) is 0 Å². The van der Waals surface area contributed by atoms with E-state index in [0.717, 1.165) is 15.9 Å². The third kappa shape index (κ3) is 3.16. The van der Waals surface area contributed by atoms with Gasteiger partial charge in [0.25, 0.3) is 5.91 Å². The predicted molar refractivity (Wildman–Crippen MR) is 71.3 cm³/mol. The smallest absolute Gasteiger partial charge is 0.252 e. The zero-order valence-corrected chi connectivity index (χ0v) is 11.5. The summed E-state index contributed by atoms with van der Waals surface area (Å²) in [6.07, 6.45) is 2.09. The highest BCUT2D eigenvalue weighted by Crippen LogP contribution is 2.18. The van der Waals surface area contributed by atoms with E-state index in [1.54, 1.807) is 0 Å². The Morgan fingerprint density at radius 2 is 2.33 bits per heavy atom. The van der Waals surface area contributed by atoms with E-state index in [2.05, 4.69) is 36.4 Å². The fraction of sp³-hybridized carbons (Fsp3) is 0.250. The summed E-state index contributed by atoms with van der Waals surface area (Å²) in [5.41, 5.74) is 1.75. The van der Waals surface area contributed by atoms with Gasteiger partial charge in [0.15, 0.2) is 0 Å². The van der Waals surface area contributed by atoms with Crippen molar-refractivity contribution >= 4 is 21.8 Å². The summed E-state index contributed by atoms with van der Waals surface area (Å²) >= 11 is 3.39. The van der Waals surface area contributed by atoms with E-state index >= 15 is 0 Å². The summed E-state index contributed by atoms with van der Waals surface area (Å²) in [5.74, 6) is 0.666. The molecule has 0 saturated carbocycles. The molecule has 0 aliphatic heterocycles. The lowest BCUT2D eigenvalue weighted by Gasteiger charge is -2.06. The fourth-order valence-corrected chi connectivity index (χ4v) is 2.22. The van der Waals surface area contributed by atoms with Gasteiger partial charge in [-0.05, 0) is 40.5 Å². The Labute approximate surface area is 113 Å². The number of nitrogens with one attached hydrogen (secondary N) is 2. The van der Waals surface area contributed by atoms with Gasteiger partial charge >= 0.3 is 0 Å². The zero-order valence-electron chi connectivity index (χ0n) is 9.90. The molecule has 1 heterocycles. The number of nitrogens with zero attached hydrogens (tertiary/aromatic N) is 2. The Bertz CT molecular complexity index is 539. The molecule has 1 aromatic carbocycles. The standard InChI is InChI=1S/C12H13BrN4O/c1-8-2-3-9(10(13)6-8)12(18)14-5-4-11-15-7-16-17-11/h2-3,6-7H,4-5H2,1H3,(H,14,18)(H,15,16,17). The van der Waals surface area contributed by atoms with Crippen LogP contribution in [0, 0.1) is 6.92 Å². The fourth-order valence-electron chi connectivity index (χ4n) is 1.55. The van der Waals surface area contributed by atoms with Crippen molar-refractivity contribution < 1.29 is 4.79 Å². The maximum absolute atomic E-state index is 11.9. The van der Waals surface area contributed by atoms with Gasteiger partial charge in [-0.15, -0.1) is 0 Å². The number of carbonyl (C=O) groups is 1. The molecule has 2 N–H and O–H groups in total. The first-order valence-corrected chi connectivity index (χ1v) is 6.34. The highest BCUT2D eigenvalue weighted by Gasteiger charge is 2.09. The van der Waals surface area contributed by atoms with Crippen LogP contribution in [-0.2, 0) is 6.42 Å². The highest BCUT2D eigenvalue weighted by atomic mass is 79.9. The van der Waals surface area contributed by atoms with Crippen molar-refractivity contribution in [2.45, 2.75) is 13.3 Å². The molecule has 2 rings (SSSR count). The molecule has 0 aliphatic rings. The van der Waals surface area contributed by atoms with E-state index in [-0.39, 0.29) is 5.91 Å². The van der Waals surface area contributed by atoms with Crippen LogP contribution in [0.25, 0.3) is 0 Å². The number of amides is 1. The number of aromatic amines is 1. The van der Waals surface area contributed by atoms with Crippen LogP contribution in [0.3, 0.4) is 0 Å². The Kier molecular flexibility index (Phi) is 4.09. The lowest BCUT2D eigenvalue weighted by molar-refractivity contribution is 0.0953. The molecule has 0 spiro atoms. The third-order valence-corrected chi connectivity index (χ3v) is 3.14. The lowest BCUT2D eigenvalue weighted by Crippen LogP contribution is -2.26. The van der Waals surface area contributed by atoms with E-state index in [1.165, 1.54) is 6.33 Å². The second-order valence-corrected chi connectivity index (χ2v) is 4.78. The highest BCUT2D eigenvalue weighted by molar-refractivity contribution is 9.10. The minimum Gasteiger partial charge on any atom is -0.352 e. The average Bonchev–Trinajstić information content (AvgIpc) is 2.81. The van der Waals surface area contributed by atoms with Crippen molar-refractivity contribution in [2.75, 3.05) is 6.54 Å². The molecule has 0 fully saturated rings. The molecule has 6 heteroatoms. The molecular weight excluding hydrogens is 296 g/mol. The van der Waals surface area contributed by atoms with Gasteiger partial charge in [-0.1, -0.05) is 6.07 Å². The van der Waals surface area contributed by atoms with E-state index in [0.29, 0.717) is 18.5 Å². The van der Waals surface area contributed by atoms with Crippen molar-refractivity contribution in [1.29, 1.82) is 0 Å². The van der Waals surface area contributed by atoms with Gasteiger partial charge in [0, 0.05) is 17.4 Å². The average molecular weight is 309 g/mol. The topological polar surface area (TPSA) is 70.7 Å². The Balaban J connectivity index is 1.91. The number of rotatable bonds is 4. The second kappa shape index (κ2) is 5.77. The number of H-pyrrole nitrogens is 1. The zero-order chi connectivity index (χ0) is 13.0. The number of hydrogen-bond donors (Lipinski definition) is 2. The normalized spacial score (nSPS) is 10.3. The molecule has 18 heavy (non-hydrogen) atoms. The van der Waals surface area contributed by atoms with Crippen molar-refractivity contribution in [3.63, 3.8) is 0 Å². The van der Waals surface area contributed by atoms with Crippen molar-refractivity contribution in [3.8, 4) is 0 Å². The molecule has 0 atom stereocenters. The van der Waals surface area contributed by atoms with E-state index in [1.807, 2.05) is 25.1 Å². The van der Waals surface area contributed by atoms with Gasteiger partial charge in [-0.2, -0.15) is 5.10 Å². The van der Waals surface area contributed by atoms with Gasteiger partial charge in [0.1, 0.15) is 12.2 Å². The summed E-state index contributed by atoms with van der Waals surface area (Å²) in [7, 11) is 0. The molecule has 5 nitrogen and oxygen atoms in total. The molecule has 1 aromatic heterocycles. The molecule has 0 radical (unpaired) electrons. The quantitative estimate of drug-likeness (QED) is 0.905. The number of benzene rings is 1. The number of aromatic nitrogens is 3. The van der Waals surface area contributed by atoms with Crippen LogP contribution < -0.4 is 5.32 Å². The Morgan fingerprint density at radius 3 is 3.00 bits per heavy atom. The van der Waals surface area contributed by atoms with Gasteiger partial charge < -0.3 is 5.32 Å². The predicted octanol–water partition coefficient (Wildman–Crippen LogP) is 1.85. The molecule has 94 valence electrons. The third-order valence-electron chi connectivity index (χ3n) is 2.48. The monoisotopic (exact) mass is 308 g/mol. The second-order valence-electron chi connectivity index (χ2n) is 3.92. The van der Waals surface area contributed by atoms with E-state index < -0.39 is 0 Å². The minimum absolute atomic E-state index is 0.0959. The summed E-state index contributed by atoms with van der Waals surface area (Å²) in [6, 6.07) is 5.64. The van der Waals surface area contributed by atoms with Crippen LogP contribution in [-0.4, -0.2) is 27.6 Å². The van der Waals surface area contributed by atoms with Crippen molar-refractivity contribution in [3.05, 3.63) is 46.0 Å². The maximum Gasteiger partial charge on any atom is 0.252 e. The first-order valence-electron chi connectivity index (χ1n) is 5.55. The van der Waals surface area contributed by atoms with Crippen LogP contribution in [0.4, 0.5) is 0 Å². The number of halogens is 1. The van der Waals surface area contributed by atoms with Gasteiger partial charge in [-0.3, -0.25) is 9.89 Å². The van der Waals surface area contributed by atoms with Gasteiger partial charge in [0.05, 0.1) is 5.56 Å². The molecule has 0 saturated heterocycles. The van der Waals surface area contributed by atoms with Gasteiger partial charge in [-0.25, -0.2) is 4.98 Å². The first kappa shape index (κ1) is 12.8. The molecular formula is C12H13BrN4O. The van der Waals surface area contributed by atoms with Crippen LogP contribution >= 0.6 is 15.9 Å². The molecule has 0 bridgehead atoms. The molecule has 0 aliphatic carbocycles. The largest absolute Gasteiger partial charge is 0.352 e. The molecule has 2 aromatic rings. The van der Waals surface area contributed by atoms with E-state index in [4.69, 9.17) is 0 Å². The van der Waals surface area contributed by atoms with Crippen LogP contribution in [0.15, 0.2) is 29.0 Å². The SMILES string of the molecule is Cc1ccc(C(=O)NCCc2ncn[nH]2)c(Br)c1. The number of hydrogen-bond acceptors (Lipinski definition) is 3.